The van der Waals surface area contributed by atoms with Crippen molar-refractivity contribution in [3.05, 3.63) is 102 Å². The topological polar surface area (TPSA) is 152 Å². The molecule has 51 heavy (non-hydrogen) atoms. The van der Waals surface area contributed by atoms with Crippen LogP contribution in [0.5, 0.6) is 5.75 Å². The highest BCUT2D eigenvalue weighted by molar-refractivity contribution is 5.95. The molecule has 12 heteroatoms. The SMILES string of the molecule is C[C@@H](NC(=O)[C@@H]1CCCN1C(=O)[C@@H](C)NC(=O)[C@H](Cc1ccc(OCc2ccccc2)cc1)NC(=O)OC(C)(C)C)C(=O)OCc1ccccc1. The van der Waals surface area contributed by atoms with E-state index >= 15 is 0 Å². The summed E-state index contributed by atoms with van der Waals surface area (Å²) in [7, 11) is 0. The number of hydrogen-bond donors (Lipinski definition) is 3. The number of amides is 4. The summed E-state index contributed by atoms with van der Waals surface area (Å²) in [5.41, 5.74) is 1.79. The fourth-order valence-corrected chi connectivity index (χ4v) is 5.51. The number of rotatable bonds is 14. The molecule has 1 aliphatic heterocycles. The first kappa shape index (κ1) is 38.4. The molecule has 0 aromatic heterocycles. The Hall–Kier alpha value is -5.39. The Morgan fingerprint density at radius 3 is 1.98 bits per heavy atom. The minimum atomic E-state index is -1.08. The van der Waals surface area contributed by atoms with Crippen molar-refractivity contribution in [3.8, 4) is 5.75 Å². The third kappa shape index (κ3) is 12.2. The van der Waals surface area contributed by atoms with Gasteiger partial charge in [0.1, 0.15) is 48.7 Å². The van der Waals surface area contributed by atoms with E-state index in [0.29, 0.717) is 31.7 Å². The van der Waals surface area contributed by atoms with Gasteiger partial charge in [-0.15, -0.1) is 0 Å². The van der Waals surface area contributed by atoms with Gasteiger partial charge in [-0.3, -0.25) is 14.4 Å². The summed E-state index contributed by atoms with van der Waals surface area (Å²) in [5.74, 6) is -1.49. The fourth-order valence-electron chi connectivity index (χ4n) is 5.51. The Kier molecular flexibility index (Phi) is 13.6. The largest absolute Gasteiger partial charge is 0.489 e. The molecule has 3 N–H and O–H groups in total. The zero-order valence-electron chi connectivity index (χ0n) is 29.8. The molecule has 0 unspecified atom stereocenters. The quantitative estimate of drug-likeness (QED) is 0.209. The van der Waals surface area contributed by atoms with Gasteiger partial charge in [-0.25, -0.2) is 9.59 Å². The molecule has 12 nitrogen and oxygen atoms in total. The summed E-state index contributed by atoms with van der Waals surface area (Å²) >= 11 is 0. The summed E-state index contributed by atoms with van der Waals surface area (Å²) in [4.78, 5) is 67.1. The standard InChI is InChI=1S/C39H48N4O8/c1-26(36(46)43-22-12-17-33(43)35(45)41-27(2)37(47)50-25-30-15-10-7-11-16-30)40-34(44)32(42-38(48)51-39(3,4)5)23-28-18-20-31(21-19-28)49-24-29-13-8-6-9-14-29/h6-11,13-16,18-21,26-27,32-33H,12,17,22-25H2,1-5H3,(H,40,44)(H,41,45)(H,42,48)/t26-,27-,32+,33+/m1/s1. The minimum absolute atomic E-state index is 0.0728. The highest BCUT2D eigenvalue weighted by Gasteiger charge is 2.38. The van der Waals surface area contributed by atoms with Gasteiger partial charge in [-0.1, -0.05) is 72.8 Å². The zero-order valence-corrected chi connectivity index (χ0v) is 29.8. The van der Waals surface area contributed by atoms with Crippen LogP contribution in [-0.4, -0.2) is 71.0 Å². The second kappa shape index (κ2) is 18.0. The van der Waals surface area contributed by atoms with Crippen molar-refractivity contribution >= 4 is 29.8 Å². The maximum absolute atomic E-state index is 13.6. The number of ether oxygens (including phenoxy) is 3. The van der Waals surface area contributed by atoms with Gasteiger partial charge < -0.3 is 35.1 Å². The number of hydrogen-bond acceptors (Lipinski definition) is 8. The molecule has 4 amide bonds. The molecule has 272 valence electrons. The van der Waals surface area contributed by atoms with Crippen LogP contribution in [0, 0.1) is 0 Å². The third-order valence-electron chi connectivity index (χ3n) is 8.12. The first-order valence-corrected chi connectivity index (χ1v) is 17.2. The average Bonchev–Trinajstić information content (AvgIpc) is 3.60. The monoisotopic (exact) mass is 700 g/mol. The predicted octanol–water partition coefficient (Wildman–Crippen LogP) is 4.45. The first-order valence-electron chi connectivity index (χ1n) is 17.2. The molecule has 3 aromatic rings. The van der Waals surface area contributed by atoms with E-state index in [1.165, 1.54) is 18.7 Å². The summed E-state index contributed by atoms with van der Waals surface area (Å²) < 4.78 is 16.6. The van der Waals surface area contributed by atoms with Crippen LogP contribution in [0.4, 0.5) is 4.79 Å². The molecule has 1 heterocycles. The molecule has 4 rings (SSSR count). The molecule has 0 bridgehead atoms. The van der Waals surface area contributed by atoms with Gasteiger partial charge in [0, 0.05) is 13.0 Å². The highest BCUT2D eigenvalue weighted by Crippen LogP contribution is 2.20. The number of carbonyl (C=O) groups is 5. The van der Waals surface area contributed by atoms with Crippen molar-refractivity contribution in [2.45, 2.75) is 96.9 Å². The van der Waals surface area contributed by atoms with Gasteiger partial charge in [0.05, 0.1) is 0 Å². The Morgan fingerprint density at radius 1 is 0.765 bits per heavy atom. The van der Waals surface area contributed by atoms with Crippen LogP contribution in [0.1, 0.15) is 64.2 Å². The average molecular weight is 701 g/mol. The second-order valence-corrected chi connectivity index (χ2v) is 13.6. The summed E-state index contributed by atoms with van der Waals surface area (Å²) in [6.07, 6.45) is 0.304. The van der Waals surface area contributed by atoms with Crippen molar-refractivity contribution in [2.24, 2.45) is 0 Å². The zero-order chi connectivity index (χ0) is 37.0. The minimum Gasteiger partial charge on any atom is -0.489 e. The van der Waals surface area contributed by atoms with E-state index < -0.39 is 59.6 Å². The van der Waals surface area contributed by atoms with Crippen LogP contribution in [0.2, 0.25) is 0 Å². The Bertz CT molecular complexity index is 1630. The van der Waals surface area contributed by atoms with Gasteiger partial charge >= 0.3 is 12.1 Å². The van der Waals surface area contributed by atoms with Crippen LogP contribution in [0.25, 0.3) is 0 Å². The van der Waals surface area contributed by atoms with Crippen molar-refractivity contribution in [1.82, 2.24) is 20.9 Å². The molecule has 4 atom stereocenters. The molecular formula is C39H48N4O8. The molecule has 1 fully saturated rings. The van der Waals surface area contributed by atoms with E-state index in [0.717, 1.165) is 16.7 Å². The Morgan fingerprint density at radius 2 is 1.37 bits per heavy atom. The number of benzene rings is 3. The maximum Gasteiger partial charge on any atom is 0.408 e. The van der Waals surface area contributed by atoms with Crippen LogP contribution >= 0.6 is 0 Å². The fraction of sp³-hybridized carbons (Fsp3) is 0.410. The van der Waals surface area contributed by atoms with Crippen LogP contribution < -0.4 is 20.7 Å². The highest BCUT2D eigenvalue weighted by atomic mass is 16.6. The smallest absolute Gasteiger partial charge is 0.408 e. The molecule has 0 spiro atoms. The van der Waals surface area contributed by atoms with Crippen molar-refractivity contribution in [2.75, 3.05) is 6.54 Å². The van der Waals surface area contributed by atoms with Crippen LogP contribution in [0.3, 0.4) is 0 Å². The van der Waals surface area contributed by atoms with Gasteiger partial charge in [0.2, 0.25) is 17.7 Å². The predicted molar refractivity (Wildman–Crippen MR) is 190 cm³/mol. The molecule has 0 saturated carbocycles. The van der Waals surface area contributed by atoms with Crippen LogP contribution in [-0.2, 0) is 48.3 Å². The van der Waals surface area contributed by atoms with Crippen molar-refractivity contribution < 1.29 is 38.2 Å². The summed E-state index contributed by atoms with van der Waals surface area (Å²) in [6.45, 7) is 8.98. The lowest BCUT2D eigenvalue weighted by Gasteiger charge is -2.29. The normalized spacial score (nSPS) is 15.9. The van der Waals surface area contributed by atoms with E-state index in [4.69, 9.17) is 14.2 Å². The van der Waals surface area contributed by atoms with Crippen molar-refractivity contribution in [1.29, 1.82) is 0 Å². The Labute approximate surface area is 299 Å². The number of esters is 1. The molecule has 1 saturated heterocycles. The van der Waals surface area contributed by atoms with Crippen molar-refractivity contribution in [3.63, 3.8) is 0 Å². The maximum atomic E-state index is 13.6. The molecule has 1 aliphatic rings. The number of likely N-dealkylation sites (tertiary alicyclic amines) is 1. The van der Waals surface area contributed by atoms with E-state index in [1.54, 1.807) is 45.0 Å². The molecule has 0 aliphatic carbocycles. The molecular weight excluding hydrogens is 652 g/mol. The molecule has 3 aromatic carbocycles. The van der Waals surface area contributed by atoms with E-state index in [9.17, 15) is 24.0 Å². The molecule has 0 radical (unpaired) electrons. The number of carbonyl (C=O) groups excluding carboxylic acids is 5. The van der Waals surface area contributed by atoms with Gasteiger partial charge in [0.15, 0.2) is 0 Å². The van der Waals surface area contributed by atoms with E-state index in [1.807, 2.05) is 60.7 Å². The van der Waals surface area contributed by atoms with E-state index in [-0.39, 0.29) is 13.0 Å². The van der Waals surface area contributed by atoms with Crippen LogP contribution in [0.15, 0.2) is 84.9 Å². The number of alkyl carbamates (subject to hydrolysis) is 1. The van der Waals surface area contributed by atoms with E-state index in [2.05, 4.69) is 16.0 Å². The lowest BCUT2D eigenvalue weighted by Crippen LogP contribution is -2.57. The Balaban J connectivity index is 1.35. The summed E-state index contributed by atoms with van der Waals surface area (Å²) in [5, 5.41) is 8.02. The van der Waals surface area contributed by atoms with Gasteiger partial charge in [-0.05, 0) is 76.3 Å². The number of nitrogens with one attached hydrogen (secondary N) is 3. The lowest BCUT2D eigenvalue weighted by molar-refractivity contribution is -0.149. The van der Waals surface area contributed by atoms with Gasteiger partial charge in [0.25, 0.3) is 0 Å². The first-order chi connectivity index (χ1) is 24.3. The number of nitrogens with zero attached hydrogens (tertiary/aromatic N) is 1. The van der Waals surface area contributed by atoms with Gasteiger partial charge in [-0.2, -0.15) is 0 Å². The third-order valence-corrected chi connectivity index (χ3v) is 8.12. The lowest BCUT2D eigenvalue weighted by atomic mass is 10.0. The second-order valence-electron chi connectivity index (χ2n) is 13.6. The summed E-state index contributed by atoms with van der Waals surface area (Å²) in [6, 6.07) is 22.3.